The van der Waals surface area contributed by atoms with E-state index in [-0.39, 0.29) is 16.8 Å². The van der Waals surface area contributed by atoms with E-state index >= 15 is 0 Å². The van der Waals surface area contributed by atoms with Gasteiger partial charge in [0.2, 0.25) is 0 Å². The van der Waals surface area contributed by atoms with Gasteiger partial charge in [0.1, 0.15) is 0 Å². The molecule has 30 heavy (non-hydrogen) atoms. The van der Waals surface area contributed by atoms with E-state index in [9.17, 15) is 13.2 Å². The molecule has 2 aromatic rings. The Kier molecular flexibility index (Phi) is 6.67. The molecule has 1 aliphatic rings. The van der Waals surface area contributed by atoms with Crippen molar-refractivity contribution in [3.05, 3.63) is 53.1 Å². The zero-order valence-corrected chi connectivity index (χ0v) is 18.8. The molecule has 0 aromatic heterocycles. The van der Waals surface area contributed by atoms with E-state index in [1.165, 1.54) is 0 Å². The first-order valence-electron chi connectivity index (χ1n) is 10.2. The van der Waals surface area contributed by atoms with E-state index in [2.05, 4.69) is 20.3 Å². The van der Waals surface area contributed by atoms with Crippen LogP contribution in [0.2, 0.25) is 0 Å². The molecular weight excluding hydrogens is 400 g/mol. The maximum absolute atomic E-state index is 13.2. The molecule has 0 saturated carbocycles. The van der Waals surface area contributed by atoms with E-state index in [1.807, 2.05) is 32.9 Å². The Morgan fingerprint density at radius 2 is 1.77 bits per heavy atom. The summed E-state index contributed by atoms with van der Waals surface area (Å²) in [5.74, 6) is -0.233. The van der Waals surface area contributed by atoms with E-state index in [0.717, 1.165) is 37.4 Å². The van der Waals surface area contributed by atoms with E-state index in [4.69, 9.17) is 0 Å². The number of aryl methyl sites for hydroxylation is 2. The van der Waals surface area contributed by atoms with Crippen LogP contribution in [-0.4, -0.2) is 46.5 Å². The lowest BCUT2D eigenvalue weighted by molar-refractivity contribution is 0.0943. The van der Waals surface area contributed by atoms with Gasteiger partial charge in [0, 0.05) is 37.8 Å². The first kappa shape index (κ1) is 22.1. The Bertz CT molecular complexity index is 1030. The van der Waals surface area contributed by atoms with Crippen molar-refractivity contribution in [3.8, 4) is 0 Å². The van der Waals surface area contributed by atoms with Crippen molar-refractivity contribution in [1.82, 2.24) is 10.6 Å². The molecule has 1 heterocycles. The number of amides is 1. The minimum absolute atomic E-state index is 0.0132. The Morgan fingerprint density at radius 3 is 2.40 bits per heavy atom. The minimum atomic E-state index is -3.81. The average molecular weight is 431 g/mol. The highest BCUT2D eigenvalue weighted by molar-refractivity contribution is 7.92. The van der Waals surface area contributed by atoms with Crippen LogP contribution in [0.15, 0.2) is 41.3 Å². The molecule has 1 fully saturated rings. The van der Waals surface area contributed by atoms with Gasteiger partial charge in [-0.1, -0.05) is 17.7 Å². The summed E-state index contributed by atoms with van der Waals surface area (Å²) >= 11 is 0. The number of nitrogens with zero attached hydrogens (tertiary/aromatic N) is 1. The van der Waals surface area contributed by atoms with E-state index in [0.29, 0.717) is 16.8 Å². The lowest BCUT2D eigenvalue weighted by Crippen LogP contribution is -2.43. The summed E-state index contributed by atoms with van der Waals surface area (Å²) in [6.45, 7) is 10.6. The van der Waals surface area contributed by atoms with E-state index in [1.54, 1.807) is 31.2 Å². The van der Waals surface area contributed by atoms with Crippen molar-refractivity contribution in [2.24, 2.45) is 0 Å². The molecule has 1 aliphatic heterocycles. The number of carbonyl (C=O) groups is 1. The average Bonchev–Trinajstić information content (AvgIpc) is 2.67. The number of carbonyl (C=O) groups excluding carboxylic acids is 1. The first-order valence-corrected chi connectivity index (χ1v) is 11.7. The van der Waals surface area contributed by atoms with Crippen LogP contribution in [0.1, 0.15) is 35.3 Å². The fourth-order valence-electron chi connectivity index (χ4n) is 3.59. The highest BCUT2D eigenvalue weighted by Crippen LogP contribution is 2.30. The highest BCUT2D eigenvalue weighted by atomic mass is 32.2. The van der Waals surface area contributed by atoms with Gasteiger partial charge < -0.3 is 15.5 Å². The second kappa shape index (κ2) is 9.06. The summed E-state index contributed by atoms with van der Waals surface area (Å²) in [5.41, 5.74) is 3.28. The Hall–Kier alpha value is -2.58. The van der Waals surface area contributed by atoms with Crippen LogP contribution in [0.25, 0.3) is 0 Å². The van der Waals surface area contributed by atoms with Crippen LogP contribution in [0.4, 0.5) is 11.4 Å². The van der Waals surface area contributed by atoms with Crippen molar-refractivity contribution < 1.29 is 13.2 Å². The number of benzene rings is 2. The number of nitrogens with one attached hydrogen (secondary N) is 3. The van der Waals surface area contributed by atoms with Crippen LogP contribution in [0, 0.1) is 13.8 Å². The number of rotatable bonds is 6. The van der Waals surface area contributed by atoms with Crippen molar-refractivity contribution in [2.45, 2.75) is 38.6 Å². The predicted molar refractivity (Wildman–Crippen MR) is 121 cm³/mol. The van der Waals surface area contributed by atoms with Crippen molar-refractivity contribution in [1.29, 1.82) is 0 Å². The van der Waals surface area contributed by atoms with Crippen LogP contribution in [-0.2, 0) is 10.0 Å². The van der Waals surface area contributed by atoms with Gasteiger partial charge in [0.05, 0.1) is 16.3 Å². The van der Waals surface area contributed by atoms with Gasteiger partial charge in [-0.25, -0.2) is 8.42 Å². The Labute approximate surface area is 178 Å². The lowest BCUT2D eigenvalue weighted by Gasteiger charge is -2.31. The monoisotopic (exact) mass is 430 g/mol. The molecule has 3 N–H and O–H groups in total. The zero-order chi connectivity index (χ0) is 21.9. The molecule has 0 bridgehead atoms. The largest absolute Gasteiger partial charge is 0.367 e. The number of anilines is 2. The predicted octanol–water partition coefficient (Wildman–Crippen LogP) is 2.65. The van der Waals surface area contributed by atoms with Gasteiger partial charge >= 0.3 is 0 Å². The van der Waals surface area contributed by atoms with Gasteiger partial charge in [-0.15, -0.1) is 0 Å². The summed E-state index contributed by atoms with van der Waals surface area (Å²) in [4.78, 5) is 14.9. The molecule has 0 atom stereocenters. The fourth-order valence-corrected chi connectivity index (χ4v) is 4.88. The van der Waals surface area contributed by atoms with Gasteiger partial charge in [0.15, 0.2) is 0 Å². The molecule has 0 unspecified atom stereocenters. The summed E-state index contributed by atoms with van der Waals surface area (Å²) < 4.78 is 29.1. The van der Waals surface area contributed by atoms with Gasteiger partial charge in [-0.05, 0) is 57.5 Å². The summed E-state index contributed by atoms with van der Waals surface area (Å²) in [6, 6.07) is 10.4. The summed E-state index contributed by atoms with van der Waals surface area (Å²) in [6.07, 6.45) is 0. The molecule has 2 aromatic carbocycles. The topological polar surface area (TPSA) is 90.5 Å². The van der Waals surface area contributed by atoms with Crippen LogP contribution < -0.4 is 20.3 Å². The zero-order valence-electron chi connectivity index (χ0n) is 18.0. The molecule has 7 nitrogen and oxygen atoms in total. The quantitative estimate of drug-likeness (QED) is 0.656. The third-order valence-corrected chi connectivity index (χ3v) is 6.53. The second-order valence-electron chi connectivity index (χ2n) is 7.97. The molecular formula is C22H30N4O3S. The van der Waals surface area contributed by atoms with Crippen LogP contribution in [0.3, 0.4) is 0 Å². The van der Waals surface area contributed by atoms with Crippen LogP contribution in [0.5, 0.6) is 0 Å². The Morgan fingerprint density at radius 1 is 1.07 bits per heavy atom. The minimum Gasteiger partial charge on any atom is -0.367 e. The maximum atomic E-state index is 13.2. The van der Waals surface area contributed by atoms with Crippen molar-refractivity contribution >= 4 is 27.3 Å². The van der Waals surface area contributed by atoms with Crippen molar-refractivity contribution in [2.75, 3.05) is 35.8 Å². The molecule has 0 spiro atoms. The molecule has 3 rings (SSSR count). The maximum Gasteiger partial charge on any atom is 0.262 e. The smallest absolute Gasteiger partial charge is 0.262 e. The Balaban J connectivity index is 2.01. The fraction of sp³-hybridized carbons (Fsp3) is 0.409. The number of piperazine rings is 1. The highest BCUT2D eigenvalue weighted by Gasteiger charge is 2.22. The second-order valence-corrected chi connectivity index (χ2v) is 9.62. The van der Waals surface area contributed by atoms with Gasteiger partial charge in [0.25, 0.3) is 15.9 Å². The van der Waals surface area contributed by atoms with Crippen molar-refractivity contribution in [3.63, 3.8) is 0 Å². The van der Waals surface area contributed by atoms with Gasteiger partial charge in [-0.2, -0.15) is 0 Å². The molecule has 1 saturated heterocycles. The SMILES string of the molecule is Cc1ccc(S(=O)(=O)Nc2cc(C(=O)NC(C)C)ccc2N2CCNCC2)c(C)c1. The summed E-state index contributed by atoms with van der Waals surface area (Å²) in [5, 5.41) is 6.15. The molecule has 1 amide bonds. The van der Waals surface area contributed by atoms with Gasteiger partial charge in [-0.3, -0.25) is 9.52 Å². The normalized spacial score (nSPS) is 14.6. The number of sulfonamides is 1. The molecule has 0 aliphatic carbocycles. The number of hydrogen-bond acceptors (Lipinski definition) is 5. The standard InChI is InChI=1S/C22H30N4O3S/c1-15(2)24-22(27)18-6-7-20(26-11-9-23-10-12-26)19(14-18)25-30(28,29)21-8-5-16(3)13-17(21)4/h5-8,13-15,23,25H,9-12H2,1-4H3,(H,24,27). The lowest BCUT2D eigenvalue weighted by atomic mass is 10.1. The van der Waals surface area contributed by atoms with E-state index < -0.39 is 10.0 Å². The van der Waals surface area contributed by atoms with Crippen LogP contribution >= 0.6 is 0 Å². The molecule has 162 valence electrons. The third-order valence-electron chi connectivity index (χ3n) is 5.00. The first-order chi connectivity index (χ1) is 14.2. The summed E-state index contributed by atoms with van der Waals surface area (Å²) in [7, 11) is -3.81. The molecule has 0 radical (unpaired) electrons. The third kappa shape index (κ3) is 5.12. The number of hydrogen-bond donors (Lipinski definition) is 3. The molecule has 8 heteroatoms.